The highest BCUT2D eigenvalue weighted by molar-refractivity contribution is 5.26. The molecule has 2 heteroatoms. The van der Waals surface area contributed by atoms with E-state index in [1.807, 2.05) is 0 Å². The van der Waals surface area contributed by atoms with Crippen molar-refractivity contribution in [3.8, 4) is 0 Å². The molecule has 0 aliphatic rings. The van der Waals surface area contributed by atoms with Crippen LogP contribution in [-0.2, 0) is 0 Å². The van der Waals surface area contributed by atoms with Gasteiger partial charge in [-0.15, -0.1) is 0 Å². The molecule has 0 aliphatic heterocycles. The third kappa shape index (κ3) is 3.62. The number of unbranched alkanes of at least 4 members (excludes halogenated alkanes) is 1. The summed E-state index contributed by atoms with van der Waals surface area (Å²) in [6.45, 7) is 6.63. The molecule has 0 aliphatic carbocycles. The molecule has 90 valence electrons. The molecule has 1 rings (SSSR count). The van der Waals surface area contributed by atoms with Crippen LogP contribution in [0.1, 0.15) is 63.1 Å². The Morgan fingerprint density at radius 3 is 2.12 bits per heavy atom. The summed E-state index contributed by atoms with van der Waals surface area (Å²) >= 11 is 0. The lowest BCUT2D eigenvalue weighted by Crippen LogP contribution is -2.27. The van der Waals surface area contributed by atoms with Crippen molar-refractivity contribution in [2.45, 2.75) is 52.0 Å². The van der Waals surface area contributed by atoms with E-state index in [1.54, 1.807) is 0 Å². The summed E-state index contributed by atoms with van der Waals surface area (Å²) in [5, 5.41) is 0. The van der Waals surface area contributed by atoms with Gasteiger partial charge in [0.25, 0.3) is 0 Å². The van der Waals surface area contributed by atoms with E-state index in [0.717, 1.165) is 6.42 Å². The summed E-state index contributed by atoms with van der Waals surface area (Å²) in [4.78, 5) is 0. The fourth-order valence-electron chi connectivity index (χ4n) is 1.87. The Balaban J connectivity index is 2.70. The minimum atomic E-state index is 0.293. The average Bonchev–Trinajstić information content (AvgIpc) is 2.30. The van der Waals surface area contributed by atoms with Crippen LogP contribution in [0.25, 0.3) is 0 Å². The first-order valence-corrected chi connectivity index (χ1v) is 6.25. The van der Waals surface area contributed by atoms with Crippen LogP contribution in [0.5, 0.6) is 0 Å². The van der Waals surface area contributed by atoms with Crippen LogP contribution >= 0.6 is 0 Å². The molecule has 1 unspecified atom stereocenters. The van der Waals surface area contributed by atoms with Gasteiger partial charge in [-0.2, -0.15) is 0 Å². The Labute approximate surface area is 99.2 Å². The van der Waals surface area contributed by atoms with Crippen LogP contribution in [0.2, 0.25) is 0 Å². The number of rotatable bonds is 6. The Kier molecular flexibility index (Phi) is 5.50. The zero-order valence-corrected chi connectivity index (χ0v) is 10.7. The molecule has 3 N–H and O–H groups in total. The van der Waals surface area contributed by atoms with Gasteiger partial charge in [-0.25, -0.2) is 0 Å². The zero-order chi connectivity index (χ0) is 12.0. The van der Waals surface area contributed by atoms with E-state index in [-0.39, 0.29) is 0 Å². The topological polar surface area (TPSA) is 38.0 Å². The van der Waals surface area contributed by atoms with Crippen molar-refractivity contribution in [3.05, 3.63) is 35.4 Å². The van der Waals surface area contributed by atoms with Gasteiger partial charge in [-0.3, -0.25) is 11.3 Å². The second-order valence-corrected chi connectivity index (χ2v) is 4.68. The number of benzene rings is 1. The Morgan fingerprint density at radius 1 is 1.12 bits per heavy atom. The van der Waals surface area contributed by atoms with Crippen molar-refractivity contribution in [1.29, 1.82) is 0 Å². The van der Waals surface area contributed by atoms with E-state index in [9.17, 15) is 0 Å². The molecule has 16 heavy (non-hydrogen) atoms. The summed E-state index contributed by atoms with van der Waals surface area (Å²) < 4.78 is 0. The highest BCUT2D eigenvalue weighted by Crippen LogP contribution is 2.21. The molecule has 0 spiro atoms. The molecule has 0 amide bonds. The lowest BCUT2D eigenvalue weighted by Gasteiger charge is -2.16. The fraction of sp³-hybridized carbons (Fsp3) is 0.571. The van der Waals surface area contributed by atoms with Gasteiger partial charge in [0.1, 0.15) is 0 Å². The Morgan fingerprint density at radius 2 is 1.69 bits per heavy atom. The first-order valence-electron chi connectivity index (χ1n) is 6.25. The third-order valence-corrected chi connectivity index (χ3v) is 3.05. The van der Waals surface area contributed by atoms with Crippen molar-refractivity contribution in [3.63, 3.8) is 0 Å². The molecular formula is C14H24N2. The summed E-state index contributed by atoms with van der Waals surface area (Å²) in [7, 11) is 0. The van der Waals surface area contributed by atoms with E-state index in [1.165, 1.54) is 24.0 Å². The van der Waals surface area contributed by atoms with Crippen LogP contribution in [0, 0.1) is 0 Å². The van der Waals surface area contributed by atoms with Crippen molar-refractivity contribution in [2.75, 3.05) is 0 Å². The number of hydrogen-bond acceptors (Lipinski definition) is 2. The largest absolute Gasteiger partial charge is 0.271 e. The van der Waals surface area contributed by atoms with Crippen LogP contribution in [-0.4, -0.2) is 0 Å². The van der Waals surface area contributed by atoms with E-state index in [2.05, 4.69) is 50.5 Å². The second-order valence-electron chi connectivity index (χ2n) is 4.68. The van der Waals surface area contributed by atoms with Crippen LogP contribution in [0.4, 0.5) is 0 Å². The van der Waals surface area contributed by atoms with Gasteiger partial charge in [0.05, 0.1) is 0 Å². The maximum absolute atomic E-state index is 5.59. The van der Waals surface area contributed by atoms with Crippen molar-refractivity contribution in [1.82, 2.24) is 5.43 Å². The number of nitrogens with one attached hydrogen (secondary N) is 1. The standard InChI is InChI=1S/C14H24N2/c1-4-5-6-14(16-15)13-9-7-12(8-10-13)11(2)3/h7-11,14,16H,4-6,15H2,1-3H3. The SMILES string of the molecule is CCCCC(NN)c1ccc(C(C)C)cc1. The molecule has 0 saturated carbocycles. The van der Waals surface area contributed by atoms with Crippen molar-refractivity contribution in [2.24, 2.45) is 5.84 Å². The molecule has 1 atom stereocenters. The number of hydrogen-bond donors (Lipinski definition) is 2. The number of hydrazine groups is 1. The van der Waals surface area contributed by atoms with E-state index < -0.39 is 0 Å². The highest BCUT2D eigenvalue weighted by Gasteiger charge is 2.09. The van der Waals surface area contributed by atoms with Gasteiger partial charge in [0.2, 0.25) is 0 Å². The van der Waals surface area contributed by atoms with Crippen LogP contribution < -0.4 is 11.3 Å². The maximum Gasteiger partial charge on any atom is 0.0460 e. The Bertz CT molecular complexity index is 290. The molecule has 0 radical (unpaired) electrons. The third-order valence-electron chi connectivity index (χ3n) is 3.05. The normalized spacial score (nSPS) is 13.1. The lowest BCUT2D eigenvalue weighted by molar-refractivity contribution is 0.495. The zero-order valence-electron chi connectivity index (χ0n) is 10.7. The predicted octanol–water partition coefficient (Wildman–Crippen LogP) is 3.50. The fourth-order valence-corrected chi connectivity index (χ4v) is 1.87. The predicted molar refractivity (Wildman–Crippen MR) is 70.1 cm³/mol. The van der Waals surface area contributed by atoms with Gasteiger partial charge >= 0.3 is 0 Å². The van der Waals surface area contributed by atoms with Crippen molar-refractivity contribution < 1.29 is 0 Å². The van der Waals surface area contributed by atoms with E-state index in [0.29, 0.717) is 12.0 Å². The average molecular weight is 220 g/mol. The maximum atomic E-state index is 5.59. The van der Waals surface area contributed by atoms with E-state index >= 15 is 0 Å². The molecule has 0 heterocycles. The Hall–Kier alpha value is -0.860. The molecule has 2 nitrogen and oxygen atoms in total. The highest BCUT2D eigenvalue weighted by atomic mass is 15.2. The molecule has 0 bridgehead atoms. The lowest BCUT2D eigenvalue weighted by atomic mass is 9.97. The molecule has 0 aromatic heterocycles. The molecule has 0 saturated heterocycles. The van der Waals surface area contributed by atoms with Gasteiger partial charge < -0.3 is 0 Å². The first kappa shape index (κ1) is 13.2. The molecule has 1 aromatic carbocycles. The second kappa shape index (κ2) is 6.66. The summed E-state index contributed by atoms with van der Waals surface area (Å²) in [5.41, 5.74) is 5.58. The summed E-state index contributed by atoms with van der Waals surface area (Å²) in [5.74, 6) is 6.19. The number of nitrogens with two attached hydrogens (primary N) is 1. The summed E-state index contributed by atoms with van der Waals surface area (Å²) in [6, 6.07) is 9.08. The van der Waals surface area contributed by atoms with Crippen LogP contribution in [0.3, 0.4) is 0 Å². The molecule has 0 fully saturated rings. The van der Waals surface area contributed by atoms with Crippen LogP contribution in [0.15, 0.2) is 24.3 Å². The van der Waals surface area contributed by atoms with Gasteiger partial charge in [-0.1, -0.05) is 57.9 Å². The monoisotopic (exact) mass is 220 g/mol. The smallest absolute Gasteiger partial charge is 0.0460 e. The minimum absolute atomic E-state index is 0.293. The quantitative estimate of drug-likeness (QED) is 0.569. The van der Waals surface area contributed by atoms with Gasteiger partial charge in [0.15, 0.2) is 0 Å². The summed E-state index contributed by atoms with van der Waals surface area (Å²) in [6.07, 6.45) is 3.52. The van der Waals surface area contributed by atoms with E-state index in [4.69, 9.17) is 5.84 Å². The van der Waals surface area contributed by atoms with Crippen molar-refractivity contribution >= 4 is 0 Å². The van der Waals surface area contributed by atoms with Gasteiger partial charge in [0, 0.05) is 6.04 Å². The van der Waals surface area contributed by atoms with Gasteiger partial charge in [-0.05, 0) is 23.5 Å². The first-order chi connectivity index (χ1) is 7.69. The minimum Gasteiger partial charge on any atom is -0.271 e. The molecular weight excluding hydrogens is 196 g/mol. The molecule has 1 aromatic rings.